The minimum absolute atomic E-state index is 0.00321. The molecule has 0 aliphatic heterocycles. The van der Waals surface area contributed by atoms with Gasteiger partial charge in [0.05, 0.1) is 0 Å². The lowest BCUT2D eigenvalue weighted by atomic mass is 9.81. The topological polar surface area (TPSA) is 3.24 Å². The van der Waals surface area contributed by atoms with E-state index in [1.807, 2.05) is 0 Å². The molecular formula is C54H49N. The molecule has 0 saturated heterocycles. The van der Waals surface area contributed by atoms with E-state index < -0.39 is 0 Å². The van der Waals surface area contributed by atoms with Crippen LogP contribution in [0.25, 0.3) is 44.5 Å². The highest BCUT2D eigenvalue weighted by Gasteiger charge is 2.39. The van der Waals surface area contributed by atoms with Crippen LogP contribution in [0, 0.1) is 0 Å². The summed E-state index contributed by atoms with van der Waals surface area (Å²) in [7, 11) is 0. The SMILES string of the molecule is CC1(C)c2ccccc2-c2cc(-c3cccc4c3-c3ccc(N(c5ccc(C6CCCCC6)cc5)c5cccc(-c6ccccc6)c5)cc3C4(C)C)ccc21. The van der Waals surface area contributed by atoms with Crippen molar-refractivity contribution in [2.24, 2.45) is 0 Å². The predicted octanol–water partition coefficient (Wildman–Crippen LogP) is 15.2. The summed E-state index contributed by atoms with van der Waals surface area (Å²) in [5.74, 6) is 0.679. The molecule has 1 heteroatoms. The number of fused-ring (bicyclic) bond motifs is 6. The number of hydrogen-bond donors (Lipinski definition) is 0. The molecule has 3 aliphatic rings. The molecule has 0 heterocycles. The van der Waals surface area contributed by atoms with Crippen molar-refractivity contribution >= 4 is 17.1 Å². The number of benzene rings is 7. The van der Waals surface area contributed by atoms with Crippen molar-refractivity contribution in [3.8, 4) is 44.5 Å². The summed E-state index contributed by atoms with van der Waals surface area (Å²) in [5.41, 5.74) is 21.0. The van der Waals surface area contributed by atoms with Crippen molar-refractivity contribution in [3.63, 3.8) is 0 Å². The van der Waals surface area contributed by atoms with Crippen LogP contribution in [0.15, 0.2) is 158 Å². The Morgan fingerprint density at radius 1 is 0.400 bits per heavy atom. The molecule has 7 aromatic rings. The molecule has 0 aromatic heterocycles. The second-order valence-electron chi connectivity index (χ2n) is 17.2. The third-order valence-corrected chi connectivity index (χ3v) is 13.3. The molecule has 3 aliphatic carbocycles. The summed E-state index contributed by atoms with van der Waals surface area (Å²) in [5, 5.41) is 0. The summed E-state index contributed by atoms with van der Waals surface area (Å²) in [6.07, 6.45) is 6.68. The van der Waals surface area contributed by atoms with Crippen LogP contribution in [0.5, 0.6) is 0 Å². The van der Waals surface area contributed by atoms with Gasteiger partial charge in [0.2, 0.25) is 0 Å². The van der Waals surface area contributed by atoms with E-state index in [0.29, 0.717) is 5.92 Å². The minimum Gasteiger partial charge on any atom is -0.310 e. The van der Waals surface area contributed by atoms with Gasteiger partial charge < -0.3 is 4.90 Å². The fourth-order valence-corrected chi connectivity index (χ4v) is 10.3. The highest BCUT2D eigenvalue weighted by molar-refractivity contribution is 5.96. The van der Waals surface area contributed by atoms with Crippen LogP contribution in [0.3, 0.4) is 0 Å². The number of rotatable bonds is 6. The number of hydrogen-bond acceptors (Lipinski definition) is 1. The zero-order chi connectivity index (χ0) is 37.3. The second kappa shape index (κ2) is 13.0. The van der Waals surface area contributed by atoms with Crippen molar-refractivity contribution in [1.82, 2.24) is 0 Å². The van der Waals surface area contributed by atoms with Gasteiger partial charge in [0.1, 0.15) is 0 Å². The third-order valence-electron chi connectivity index (χ3n) is 13.3. The van der Waals surface area contributed by atoms with Crippen molar-refractivity contribution in [2.75, 3.05) is 4.90 Å². The lowest BCUT2D eigenvalue weighted by Crippen LogP contribution is -2.16. The molecule has 0 atom stereocenters. The van der Waals surface area contributed by atoms with E-state index in [2.05, 4.69) is 190 Å². The Balaban J connectivity index is 1.09. The molecule has 1 fully saturated rings. The molecule has 0 radical (unpaired) electrons. The first-order chi connectivity index (χ1) is 26.8. The molecule has 10 rings (SSSR count). The molecule has 55 heavy (non-hydrogen) atoms. The molecule has 0 N–H and O–H groups in total. The van der Waals surface area contributed by atoms with E-state index >= 15 is 0 Å². The first-order valence-electron chi connectivity index (χ1n) is 20.4. The van der Waals surface area contributed by atoms with Gasteiger partial charge in [0.15, 0.2) is 0 Å². The van der Waals surface area contributed by atoms with E-state index in [-0.39, 0.29) is 10.8 Å². The monoisotopic (exact) mass is 711 g/mol. The average Bonchev–Trinajstić information content (AvgIpc) is 3.61. The fraction of sp³-hybridized carbons (Fsp3) is 0.222. The summed E-state index contributed by atoms with van der Waals surface area (Å²) < 4.78 is 0. The quantitative estimate of drug-likeness (QED) is 0.166. The van der Waals surface area contributed by atoms with Crippen LogP contribution in [0.1, 0.15) is 93.5 Å². The Hall–Kier alpha value is -5.66. The van der Waals surface area contributed by atoms with Crippen molar-refractivity contribution in [1.29, 1.82) is 0 Å². The van der Waals surface area contributed by atoms with Gasteiger partial charge in [-0.3, -0.25) is 0 Å². The molecule has 7 aromatic carbocycles. The maximum Gasteiger partial charge on any atom is 0.0467 e. The zero-order valence-corrected chi connectivity index (χ0v) is 32.6. The summed E-state index contributed by atoms with van der Waals surface area (Å²) in [4.78, 5) is 2.47. The van der Waals surface area contributed by atoms with Crippen molar-refractivity contribution < 1.29 is 0 Å². The summed E-state index contributed by atoms with van der Waals surface area (Å²) in [6.45, 7) is 9.54. The van der Waals surface area contributed by atoms with Gasteiger partial charge in [-0.1, -0.05) is 162 Å². The first kappa shape index (κ1) is 33.9. The van der Waals surface area contributed by atoms with Crippen LogP contribution >= 0.6 is 0 Å². The molecule has 1 saturated carbocycles. The van der Waals surface area contributed by atoms with E-state index in [1.165, 1.54) is 121 Å². The van der Waals surface area contributed by atoms with Gasteiger partial charge in [0.25, 0.3) is 0 Å². The second-order valence-corrected chi connectivity index (χ2v) is 17.2. The maximum atomic E-state index is 2.48. The average molecular weight is 712 g/mol. The predicted molar refractivity (Wildman–Crippen MR) is 233 cm³/mol. The van der Waals surface area contributed by atoms with Gasteiger partial charge in [-0.15, -0.1) is 0 Å². The largest absolute Gasteiger partial charge is 0.310 e. The number of nitrogens with zero attached hydrogens (tertiary/aromatic N) is 1. The van der Waals surface area contributed by atoms with Crippen LogP contribution in [-0.4, -0.2) is 0 Å². The normalized spacial score (nSPS) is 16.2. The van der Waals surface area contributed by atoms with Gasteiger partial charge in [0, 0.05) is 27.9 Å². The van der Waals surface area contributed by atoms with Gasteiger partial charge in [-0.25, -0.2) is 0 Å². The van der Waals surface area contributed by atoms with Crippen LogP contribution in [0.4, 0.5) is 17.1 Å². The highest BCUT2D eigenvalue weighted by Crippen LogP contribution is 2.55. The highest BCUT2D eigenvalue weighted by atomic mass is 15.1. The lowest BCUT2D eigenvalue weighted by Gasteiger charge is -2.29. The summed E-state index contributed by atoms with van der Waals surface area (Å²) in [6, 6.07) is 59.7. The van der Waals surface area contributed by atoms with Crippen molar-refractivity contribution in [3.05, 3.63) is 186 Å². The molecular weight excluding hydrogens is 663 g/mol. The molecule has 0 bridgehead atoms. The van der Waals surface area contributed by atoms with Crippen LogP contribution in [-0.2, 0) is 10.8 Å². The molecule has 1 nitrogen and oxygen atoms in total. The van der Waals surface area contributed by atoms with E-state index in [4.69, 9.17) is 0 Å². The Kier molecular flexibility index (Phi) is 8.00. The first-order valence-corrected chi connectivity index (χ1v) is 20.4. The smallest absolute Gasteiger partial charge is 0.0467 e. The molecule has 270 valence electrons. The van der Waals surface area contributed by atoms with Crippen molar-refractivity contribution in [2.45, 2.75) is 76.5 Å². The maximum absolute atomic E-state index is 2.48. The van der Waals surface area contributed by atoms with Crippen LogP contribution in [0.2, 0.25) is 0 Å². The minimum atomic E-state index is -0.162. The van der Waals surface area contributed by atoms with E-state index in [9.17, 15) is 0 Å². The molecule has 0 unspecified atom stereocenters. The Bertz CT molecular complexity index is 2560. The van der Waals surface area contributed by atoms with Gasteiger partial charge >= 0.3 is 0 Å². The Labute approximate surface area is 327 Å². The summed E-state index contributed by atoms with van der Waals surface area (Å²) >= 11 is 0. The van der Waals surface area contributed by atoms with Gasteiger partial charge in [-0.2, -0.15) is 0 Å². The molecule has 0 amide bonds. The van der Waals surface area contributed by atoms with Crippen LogP contribution < -0.4 is 4.90 Å². The third kappa shape index (κ3) is 5.50. The standard InChI is InChI=1S/C54H49N/c1-53(2)48-23-12-11-21-45(48)47-34-40(27-32-49(47)53)44-22-14-24-50-52(44)46-31-30-43(35-51(46)54(50,3)4)55(41-28-25-38(26-29-41)36-15-7-5-8-16-36)42-20-13-19-39(33-42)37-17-9-6-10-18-37/h6,9-14,17-36H,5,7-8,15-16H2,1-4H3. The zero-order valence-electron chi connectivity index (χ0n) is 32.6. The van der Waals surface area contributed by atoms with E-state index in [1.54, 1.807) is 0 Å². The van der Waals surface area contributed by atoms with Gasteiger partial charge in [-0.05, 0) is 134 Å². The number of anilines is 3. The molecule has 0 spiro atoms. The Morgan fingerprint density at radius 2 is 1.04 bits per heavy atom. The fourth-order valence-electron chi connectivity index (χ4n) is 10.3. The Morgan fingerprint density at radius 3 is 1.85 bits per heavy atom. The lowest BCUT2D eigenvalue weighted by molar-refractivity contribution is 0.443. The van der Waals surface area contributed by atoms with E-state index in [0.717, 1.165) is 0 Å².